The van der Waals surface area contributed by atoms with Gasteiger partial charge in [0.25, 0.3) is 5.91 Å². The summed E-state index contributed by atoms with van der Waals surface area (Å²) in [6.07, 6.45) is 0. The Kier molecular flexibility index (Phi) is 4.06. The van der Waals surface area contributed by atoms with Gasteiger partial charge < -0.3 is 21.1 Å². The first kappa shape index (κ1) is 13.8. The number of hydrogen-bond acceptors (Lipinski definition) is 4. The van der Waals surface area contributed by atoms with Gasteiger partial charge in [-0.25, -0.2) is 0 Å². The van der Waals surface area contributed by atoms with Gasteiger partial charge in [-0.05, 0) is 18.2 Å². The molecule has 1 saturated heterocycles. The number of nitrogens with zero attached hydrogens (tertiary/aromatic N) is 1. The fraction of sp³-hybridized carbons (Fsp3) is 0.333. The van der Waals surface area contributed by atoms with E-state index in [9.17, 15) is 9.59 Å². The Labute approximate surface area is 118 Å². The van der Waals surface area contributed by atoms with Crippen LogP contribution in [0.1, 0.15) is 10.4 Å². The van der Waals surface area contributed by atoms with Crippen LogP contribution >= 0.6 is 15.9 Å². The van der Waals surface area contributed by atoms with Crippen molar-refractivity contribution >= 4 is 33.4 Å². The lowest BCUT2D eigenvalue weighted by molar-refractivity contribution is -0.127. The molecule has 1 aromatic rings. The van der Waals surface area contributed by atoms with E-state index in [-0.39, 0.29) is 12.5 Å². The number of ether oxygens (including phenoxy) is 1. The number of halogens is 1. The molecule has 0 radical (unpaired) electrons. The van der Waals surface area contributed by atoms with Crippen molar-refractivity contribution in [3.63, 3.8) is 0 Å². The smallest absolute Gasteiger partial charge is 0.256 e. The van der Waals surface area contributed by atoms with E-state index >= 15 is 0 Å². The predicted molar refractivity (Wildman–Crippen MR) is 73.4 cm³/mol. The van der Waals surface area contributed by atoms with Crippen molar-refractivity contribution < 1.29 is 14.3 Å². The number of morpholine rings is 1. The van der Waals surface area contributed by atoms with Gasteiger partial charge in [0.1, 0.15) is 6.04 Å². The summed E-state index contributed by atoms with van der Waals surface area (Å²) < 4.78 is 5.92. The third-order valence-electron chi connectivity index (χ3n) is 2.96. The molecule has 4 N–H and O–H groups in total. The molecule has 1 heterocycles. The van der Waals surface area contributed by atoms with E-state index in [1.165, 1.54) is 4.90 Å². The van der Waals surface area contributed by atoms with Crippen LogP contribution in [0.2, 0.25) is 0 Å². The largest absolute Gasteiger partial charge is 0.398 e. The van der Waals surface area contributed by atoms with Crippen LogP contribution < -0.4 is 11.5 Å². The Morgan fingerprint density at radius 2 is 2.16 bits per heavy atom. The highest BCUT2D eigenvalue weighted by molar-refractivity contribution is 9.10. The second kappa shape index (κ2) is 5.58. The lowest BCUT2D eigenvalue weighted by Gasteiger charge is -2.33. The lowest BCUT2D eigenvalue weighted by atomic mass is 10.1. The zero-order valence-electron chi connectivity index (χ0n) is 10.1. The number of hydrogen-bond donors (Lipinski definition) is 2. The second-order valence-electron chi connectivity index (χ2n) is 4.22. The number of nitrogen functional groups attached to an aromatic ring is 1. The fourth-order valence-electron chi connectivity index (χ4n) is 1.95. The minimum atomic E-state index is -0.750. The van der Waals surface area contributed by atoms with E-state index in [2.05, 4.69) is 15.9 Å². The van der Waals surface area contributed by atoms with E-state index in [1.54, 1.807) is 18.2 Å². The number of nitrogens with two attached hydrogens (primary N) is 2. The normalized spacial score (nSPS) is 19.2. The Hall–Kier alpha value is -1.60. The van der Waals surface area contributed by atoms with Gasteiger partial charge in [0.05, 0.1) is 18.8 Å². The van der Waals surface area contributed by atoms with Gasteiger partial charge in [0.15, 0.2) is 0 Å². The average molecular weight is 328 g/mol. The van der Waals surface area contributed by atoms with Crippen molar-refractivity contribution in [1.82, 2.24) is 4.90 Å². The highest BCUT2D eigenvalue weighted by Crippen LogP contribution is 2.21. The summed E-state index contributed by atoms with van der Waals surface area (Å²) in [5.74, 6) is -0.896. The standard InChI is InChI=1S/C12H14BrN3O3/c13-7-1-2-9(14)8(5-7)12(18)16-3-4-19-6-10(16)11(15)17/h1-2,5,10H,3-4,6,14H2,(H2,15,17). The molecule has 0 aliphatic carbocycles. The SMILES string of the molecule is NC(=O)C1COCCN1C(=O)c1cc(Br)ccc1N. The van der Waals surface area contributed by atoms with Crippen LogP contribution in [0.25, 0.3) is 0 Å². The number of anilines is 1. The van der Waals surface area contributed by atoms with Gasteiger partial charge in [0, 0.05) is 16.7 Å². The average Bonchev–Trinajstić information content (AvgIpc) is 2.40. The molecular weight excluding hydrogens is 314 g/mol. The van der Waals surface area contributed by atoms with Gasteiger partial charge in [-0.2, -0.15) is 0 Å². The van der Waals surface area contributed by atoms with Crippen LogP contribution in [-0.2, 0) is 9.53 Å². The summed E-state index contributed by atoms with van der Waals surface area (Å²) in [5.41, 5.74) is 11.8. The molecule has 1 unspecified atom stereocenters. The second-order valence-corrected chi connectivity index (χ2v) is 5.14. The van der Waals surface area contributed by atoms with Crippen molar-refractivity contribution in [1.29, 1.82) is 0 Å². The first-order chi connectivity index (χ1) is 9.00. The van der Waals surface area contributed by atoms with Crippen molar-refractivity contribution in [2.75, 3.05) is 25.5 Å². The minimum absolute atomic E-state index is 0.120. The summed E-state index contributed by atoms with van der Waals surface area (Å²) >= 11 is 3.29. The van der Waals surface area contributed by atoms with Gasteiger partial charge >= 0.3 is 0 Å². The summed E-state index contributed by atoms with van der Waals surface area (Å²) in [5, 5.41) is 0. The van der Waals surface area contributed by atoms with Crippen molar-refractivity contribution in [2.45, 2.75) is 6.04 Å². The molecule has 1 fully saturated rings. The molecule has 2 rings (SSSR count). The molecule has 19 heavy (non-hydrogen) atoms. The van der Waals surface area contributed by atoms with Crippen LogP contribution in [0.15, 0.2) is 22.7 Å². The minimum Gasteiger partial charge on any atom is -0.398 e. The zero-order chi connectivity index (χ0) is 14.0. The van der Waals surface area contributed by atoms with Crippen LogP contribution in [0.4, 0.5) is 5.69 Å². The Bertz CT molecular complexity index is 521. The Morgan fingerprint density at radius 1 is 1.42 bits per heavy atom. The summed E-state index contributed by atoms with van der Waals surface area (Å²) in [6, 6.07) is 4.26. The van der Waals surface area contributed by atoms with Crippen molar-refractivity contribution in [3.05, 3.63) is 28.2 Å². The molecule has 0 spiro atoms. The summed E-state index contributed by atoms with van der Waals surface area (Å²) in [4.78, 5) is 25.2. The van der Waals surface area contributed by atoms with Gasteiger partial charge in [0.2, 0.25) is 5.91 Å². The van der Waals surface area contributed by atoms with Gasteiger partial charge in [-0.15, -0.1) is 0 Å². The third kappa shape index (κ3) is 2.87. The number of carbonyl (C=O) groups is 2. The number of benzene rings is 1. The summed E-state index contributed by atoms with van der Waals surface area (Å²) in [7, 11) is 0. The maximum absolute atomic E-state index is 12.4. The molecule has 1 aliphatic rings. The fourth-order valence-corrected chi connectivity index (χ4v) is 2.31. The lowest BCUT2D eigenvalue weighted by Crippen LogP contribution is -2.54. The molecule has 7 heteroatoms. The van der Waals surface area contributed by atoms with Crippen LogP contribution in [0.5, 0.6) is 0 Å². The molecule has 0 bridgehead atoms. The topological polar surface area (TPSA) is 98.7 Å². The molecular formula is C12H14BrN3O3. The third-order valence-corrected chi connectivity index (χ3v) is 3.46. The molecule has 1 aliphatic heterocycles. The van der Waals surface area contributed by atoms with Crippen LogP contribution in [-0.4, -0.2) is 42.5 Å². The van der Waals surface area contributed by atoms with Gasteiger partial charge in [-0.3, -0.25) is 9.59 Å². The van der Waals surface area contributed by atoms with Crippen molar-refractivity contribution in [2.24, 2.45) is 5.73 Å². The first-order valence-corrected chi connectivity index (χ1v) is 6.53. The highest BCUT2D eigenvalue weighted by Gasteiger charge is 2.32. The molecule has 6 nitrogen and oxygen atoms in total. The zero-order valence-corrected chi connectivity index (χ0v) is 11.7. The molecule has 102 valence electrons. The van der Waals surface area contributed by atoms with Crippen LogP contribution in [0, 0.1) is 0 Å². The molecule has 1 aromatic carbocycles. The summed E-state index contributed by atoms with van der Waals surface area (Å²) in [6.45, 7) is 0.816. The van der Waals surface area contributed by atoms with E-state index in [0.717, 1.165) is 4.47 Å². The van der Waals surface area contributed by atoms with E-state index in [1.807, 2.05) is 0 Å². The molecule has 0 saturated carbocycles. The molecule has 2 amide bonds. The highest BCUT2D eigenvalue weighted by atomic mass is 79.9. The Morgan fingerprint density at radius 3 is 2.84 bits per heavy atom. The Balaban J connectivity index is 2.31. The number of carbonyl (C=O) groups excluding carboxylic acids is 2. The number of amides is 2. The van der Waals surface area contributed by atoms with Crippen molar-refractivity contribution in [3.8, 4) is 0 Å². The van der Waals surface area contributed by atoms with E-state index in [0.29, 0.717) is 24.4 Å². The predicted octanol–water partition coefficient (Wildman–Crippen LogP) is 0.358. The van der Waals surface area contributed by atoms with Gasteiger partial charge in [-0.1, -0.05) is 15.9 Å². The molecule has 0 aromatic heterocycles. The quantitative estimate of drug-likeness (QED) is 0.766. The number of primary amides is 1. The molecule has 1 atom stereocenters. The van der Waals surface area contributed by atoms with E-state index < -0.39 is 11.9 Å². The van der Waals surface area contributed by atoms with Crippen LogP contribution in [0.3, 0.4) is 0 Å². The maximum atomic E-state index is 12.4. The first-order valence-electron chi connectivity index (χ1n) is 5.73. The number of rotatable bonds is 2. The van der Waals surface area contributed by atoms with E-state index in [4.69, 9.17) is 16.2 Å². The monoisotopic (exact) mass is 327 g/mol. The maximum Gasteiger partial charge on any atom is 0.256 e.